The monoisotopic (exact) mass is 425 g/mol. The minimum atomic E-state index is 0.0209. The van der Waals surface area contributed by atoms with Crippen LogP contribution in [0, 0.1) is 0 Å². The van der Waals surface area contributed by atoms with Gasteiger partial charge in [0.1, 0.15) is 5.75 Å². The van der Waals surface area contributed by atoms with E-state index in [9.17, 15) is 0 Å². The summed E-state index contributed by atoms with van der Waals surface area (Å²) in [7, 11) is 1.66. The Morgan fingerprint density at radius 1 is 1.07 bits per heavy atom. The van der Waals surface area contributed by atoms with Crippen molar-refractivity contribution >= 4 is 28.2 Å². The number of tetrazole rings is 1. The van der Waals surface area contributed by atoms with Gasteiger partial charge in [-0.3, -0.25) is 0 Å². The standard InChI is InChI=1S/C19H19N7OS2/c1-13(17-21-24-25-26(17)15-6-4-3-5-7-15)28-19-23-22-18(29-19)20-12-14-8-10-16(27-2)11-9-14/h3-11,13H,12H2,1-2H3,(H,20,22). The van der Waals surface area contributed by atoms with Crippen LogP contribution in [-0.2, 0) is 6.54 Å². The Morgan fingerprint density at radius 2 is 1.86 bits per heavy atom. The third-order valence-electron chi connectivity index (χ3n) is 4.14. The van der Waals surface area contributed by atoms with E-state index in [-0.39, 0.29) is 5.25 Å². The molecule has 10 heteroatoms. The van der Waals surface area contributed by atoms with E-state index in [1.165, 1.54) is 11.3 Å². The fourth-order valence-corrected chi connectivity index (χ4v) is 4.63. The highest BCUT2D eigenvalue weighted by atomic mass is 32.2. The van der Waals surface area contributed by atoms with Gasteiger partial charge in [0.05, 0.1) is 18.0 Å². The first-order chi connectivity index (χ1) is 14.2. The van der Waals surface area contributed by atoms with Gasteiger partial charge in [-0.2, -0.15) is 4.68 Å². The van der Waals surface area contributed by atoms with Gasteiger partial charge in [0.25, 0.3) is 0 Å². The summed E-state index contributed by atoms with van der Waals surface area (Å²) in [5.41, 5.74) is 2.07. The van der Waals surface area contributed by atoms with E-state index in [4.69, 9.17) is 4.74 Å². The van der Waals surface area contributed by atoms with Gasteiger partial charge in [0.15, 0.2) is 10.2 Å². The van der Waals surface area contributed by atoms with E-state index in [2.05, 4.69) is 38.0 Å². The van der Waals surface area contributed by atoms with E-state index >= 15 is 0 Å². The van der Waals surface area contributed by atoms with Gasteiger partial charge < -0.3 is 10.1 Å². The molecule has 0 spiro atoms. The Bertz CT molecular complexity index is 1050. The van der Waals surface area contributed by atoms with Crippen molar-refractivity contribution < 1.29 is 4.74 Å². The largest absolute Gasteiger partial charge is 0.497 e. The number of hydrogen-bond donors (Lipinski definition) is 1. The second-order valence-corrected chi connectivity index (χ2v) is 8.68. The Kier molecular flexibility index (Phi) is 6.01. The fraction of sp³-hybridized carbons (Fsp3) is 0.211. The number of benzene rings is 2. The van der Waals surface area contributed by atoms with Crippen molar-refractivity contribution in [2.45, 2.75) is 23.1 Å². The molecule has 0 aliphatic rings. The van der Waals surface area contributed by atoms with Crippen LogP contribution in [0.5, 0.6) is 5.75 Å². The summed E-state index contributed by atoms with van der Waals surface area (Å²) in [6, 6.07) is 17.8. The number of anilines is 1. The Labute approximate surface area is 176 Å². The molecule has 148 valence electrons. The molecule has 0 aliphatic heterocycles. The summed E-state index contributed by atoms with van der Waals surface area (Å²) in [6.45, 7) is 2.73. The minimum Gasteiger partial charge on any atom is -0.497 e. The highest BCUT2D eigenvalue weighted by Gasteiger charge is 2.19. The summed E-state index contributed by atoms with van der Waals surface area (Å²) < 4.78 is 7.79. The average molecular weight is 426 g/mol. The Balaban J connectivity index is 1.38. The van der Waals surface area contributed by atoms with Crippen molar-refractivity contribution in [3.05, 3.63) is 66.0 Å². The Hall–Kier alpha value is -2.98. The number of nitrogens with one attached hydrogen (secondary N) is 1. The van der Waals surface area contributed by atoms with Gasteiger partial charge in [-0.1, -0.05) is 53.4 Å². The van der Waals surface area contributed by atoms with E-state index in [1.807, 2.05) is 54.6 Å². The number of aromatic nitrogens is 6. The maximum absolute atomic E-state index is 5.18. The van der Waals surface area contributed by atoms with Crippen LogP contribution in [0.1, 0.15) is 23.6 Å². The van der Waals surface area contributed by atoms with Crippen LogP contribution in [0.2, 0.25) is 0 Å². The molecule has 0 bridgehead atoms. The normalized spacial score (nSPS) is 11.9. The molecule has 0 saturated carbocycles. The van der Waals surface area contributed by atoms with Crippen LogP contribution < -0.4 is 10.1 Å². The van der Waals surface area contributed by atoms with Crippen molar-refractivity contribution in [2.75, 3.05) is 12.4 Å². The number of nitrogens with zero attached hydrogens (tertiary/aromatic N) is 6. The first-order valence-electron chi connectivity index (χ1n) is 8.93. The molecular weight excluding hydrogens is 406 g/mol. The summed E-state index contributed by atoms with van der Waals surface area (Å²) in [5.74, 6) is 1.61. The molecule has 0 saturated heterocycles. The third kappa shape index (κ3) is 4.72. The lowest BCUT2D eigenvalue weighted by Crippen LogP contribution is -2.04. The highest BCUT2D eigenvalue weighted by Crippen LogP contribution is 2.36. The second-order valence-electron chi connectivity index (χ2n) is 6.12. The number of thioether (sulfide) groups is 1. The average Bonchev–Trinajstić information content (AvgIpc) is 3.43. The van der Waals surface area contributed by atoms with Gasteiger partial charge in [-0.25, -0.2) is 0 Å². The summed E-state index contributed by atoms with van der Waals surface area (Å²) in [6.07, 6.45) is 0. The zero-order chi connectivity index (χ0) is 20.1. The maximum Gasteiger partial charge on any atom is 0.206 e. The van der Waals surface area contributed by atoms with Gasteiger partial charge in [0.2, 0.25) is 5.13 Å². The van der Waals surface area contributed by atoms with E-state index in [1.54, 1.807) is 23.6 Å². The lowest BCUT2D eigenvalue weighted by atomic mass is 10.2. The number of hydrogen-bond acceptors (Lipinski definition) is 9. The molecule has 2 aromatic carbocycles. The van der Waals surface area contributed by atoms with Crippen molar-refractivity contribution in [2.24, 2.45) is 0 Å². The van der Waals surface area contributed by atoms with Crippen LogP contribution >= 0.6 is 23.1 Å². The first kappa shape index (κ1) is 19.3. The molecule has 2 aromatic heterocycles. The molecule has 4 rings (SSSR count). The van der Waals surface area contributed by atoms with E-state index in [0.29, 0.717) is 6.54 Å². The number of para-hydroxylation sites is 1. The lowest BCUT2D eigenvalue weighted by molar-refractivity contribution is 0.414. The maximum atomic E-state index is 5.18. The molecule has 1 atom stereocenters. The van der Waals surface area contributed by atoms with Crippen LogP contribution in [-0.4, -0.2) is 37.5 Å². The molecule has 0 aliphatic carbocycles. The lowest BCUT2D eigenvalue weighted by Gasteiger charge is -2.09. The summed E-state index contributed by atoms with van der Waals surface area (Å²) in [4.78, 5) is 0. The molecule has 1 N–H and O–H groups in total. The molecule has 2 heterocycles. The number of rotatable bonds is 8. The van der Waals surface area contributed by atoms with Gasteiger partial charge in [-0.05, 0) is 47.2 Å². The SMILES string of the molecule is COc1ccc(CNc2nnc(SC(C)c3nnnn3-c3ccccc3)s2)cc1. The molecule has 8 nitrogen and oxygen atoms in total. The molecule has 0 radical (unpaired) electrons. The zero-order valence-corrected chi connectivity index (χ0v) is 17.5. The first-order valence-corrected chi connectivity index (χ1v) is 10.6. The molecule has 0 amide bonds. The van der Waals surface area contributed by atoms with Crippen molar-refractivity contribution in [1.82, 2.24) is 30.4 Å². The molecule has 4 aromatic rings. The van der Waals surface area contributed by atoms with Crippen LogP contribution in [0.4, 0.5) is 5.13 Å². The van der Waals surface area contributed by atoms with Gasteiger partial charge in [-0.15, -0.1) is 15.3 Å². The molecule has 0 fully saturated rings. The van der Waals surface area contributed by atoms with E-state index in [0.717, 1.165) is 32.3 Å². The quantitative estimate of drug-likeness (QED) is 0.424. The van der Waals surface area contributed by atoms with E-state index < -0.39 is 0 Å². The fourth-order valence-electron chi connectivity index (χ4n) is 2.65. The number of ether oxygens (including phenoxy) is 1. The van der Waals surface area contributed by atoms with Crippen molar-refractivity contribution in [3.8, 4) is 11.4 Å². The smallest absolute Gasteiger partial charge is 0.206 e. The van der Waals surface area contributed by atoms with Crippen LogP contribution in [0.3, 0.4) is 0 Å². The van der Waals surface area contributed by atoms with Crippen LogP contribution in [0.15, 0.2) is 58.9 Å². The Morgan fingerprint density at radius 3 is 2.62 bits per heavy atom. The zero-order valence-electron chi connectivity index (χ0n) is 15.9. The minimum absolute atomic E-state index is 0.0209. The summed E-state index contributed by atoms with van der Waals surface area (Å²) in [5, 5.41) is 24.8. The third-order valence-corrected chi connectivity index (χ3v) is 6.21. The predicted molar refractivity (Wildman–Crippen MR) is 114 cm³/mol. The van der Waals surface area contributed by atoms with Gasteiger partial charge >= 0.3 is 0 Å². The van der Waals surface area contributed by atoms with Crippen molar-refractivity contribution in [1.29, 1.82) is 0 Å². The van der Waals surface area contributed by atoms with Gasteiger partial charge in [0, 0.05) is 6.54 Å². The van der Waals surface area contributed by atoms with Crippen molar-refractivity contribution in [3.63, 3.8) is 0 Å². The highest BCUT2D eigenvalue weighted by molar-refractivity contribution is 8.01. The molecule has 29 heavy (non-hydrogen) atoms. The molecule has 1 unspecified atom stereocenters. The topological polar surface area (TPSA) is 90.6 Å². The summed E-state index contributed by atoms with van der Waals surface area (Å²) >= 11 is 3.10. The molecular formula is C19H19N7OS2. The predicted octanol–water partition coefficient (Wildman–Crippen LogP) is 3.99. The second kappa shape index (κ2) is 9.01. The van der Waals surface area contributed by atoms with Crippen LogP contribution in [0.25, 0.3) is 5.69 Å². The number of methoxy groups -OCH3 is 1.